The molecule has 0 aliphatic carbocycles. The van der Waals surface area contributed by atoms with Crippen LogP contribution in [-0.4, -0.2) is 21.4 Å². The average molecular weight is 402 g/mol. The van der Waals surface area contributed by atoms with Gasteiger partial charge in [-0.3, -0.25) is 0 Å². The van der Waals surface area contributed by atoms with Crippen molar-refractivity contribution in [2.45, 2.75) is 32.7 Å². The Hall–Kier alpha value is -2.93. The summed E-state index contributed by atoms with van der Waals surface area (Å²) >= 11 is 0. The molecule has 0 fully saturated rings. The van der Waals surface area contributed by atoms with Crippen molar-refractivity contribution in [1.82, 2.24) is 9.97 Å². The molecule has 152 valence electrons. The van der Waals surface area contributed by atoms with Crippen molar-refractivity contribution in [3.8, 4) is 16.9 Å². The summed E-state index contributed by atoms with van der Waals surface area (Å²) in [7, 11) is 0. The highest BCUT2D eigenvalue weighted by Crippen LogP contribution is 2.45. The maximum absolute atomic E-state index is 12.7. The van der Waals surface area contributed by atoms with E-state index < -0.39 is 17.4 Å². The minimum Gasteiger partial charge on any atom is -0.405 e. The lowest BCUT2D eigenvalue weighted by molar-refractivity contribution is -0.274. The van der Waals surface area contributed by atoms with Crippen molar-refractivity contribution in [2.75, 3.05) is 0 Å². The summed E-state index contributed by atoms with van der Waals surface area (Å²) in [5.41, 5.74) is -0.0441. The van der Waals surface area contributed by atoms with Gasteiger partial charge in [-0.25, -0.2) is 9.97 Å². The number of alkyl halides is 3. The number of ether oxygens (including phenoxy) is 1. The molecule has 0 aliphatic rings. The molecule has 0 saturated heterocycles. The molecule has 3 rings (SSSR count). The zero-order valence-corrected chi connectivity index (χ0v) is 16.2. The Bertz CT molecular complexity index is 968. The Kier molecular flexibility index (Phi) is 5.36. The molecule has 1 N–H and O–H groups in total. The normalized spacial score (nSPS) is 14.3. The first-order chi connectivity index (χ1) is 13.5. The average Bonchev–Trinajstić information content (AvgIpc) is 2.66. The van der Waals surface area contributed by atoms with E-state index in [1.54, 1.807) is 48.8 Å². The predicted molar refractivity (Wildman–Crippen MR) is 103 cm³/mol. The summed E-state index contributed by atoms with van der Waals surface area (Å²) in [5.74, 6) is -0.282. The zero-order chi connectivity index (χ0) is 21.3. The zero-order valence-electron chi connectivity index (χ0n) is 16.2. The summed E-state index contributed by atoms with van der Waals surface area (Å²) in [6.45, 7) is 5.67. The van der Waals surface area contributed by atoms with Crippen LogP contribution in [0.1, 0.15) is 31.9 Å². The molecule has 0 aliphatic heterocycles. The predicted octanol–water partition coefficient (Wildman–Crippen LogP) is 5.32. The second-order valence-electron chi connectivity index (χ2n) is 7.71. The van der Waals surface area contributed by atoms with Gasteiger partial charge in [0.25, 0.3) is 0 Å². The van der Waals surface area contributed by atoms with Crippen LogP contribution in [0.4, 0.5) is 13.2 Å². The number of para-hydroxylation sites is 1. The molecular formula is C22H21F3N2O2. The largest absolute Gasteiger partial charge is 0.573 e. The van der Waals surface area contributed by atoms with E-state index >= 15 is 0 Å². The topological polar surface area (TPSA) is 55.2 Å². The van der Waals surface area contributed by atoms with E-state index in [1.165, 1.54) is 18.5 Å². The summed E-state index contributed by atoms with van der Waals surface area (Å²) in [6.07, 6.45) is -0.291. The second kappa shape index (κ2) is 7.48. The molecule has 1 aromatic heterocycles. The fourth-order valence-corrected chi connectivity index (χ4v) is 3.33. The molecule has 1 heterocycles. The Morgan fingerprint density at radius 2 is 1.41 bits per heavy atom. The summed E-state index contributed by atoms with van der Waals surface area (Å²) < 4.78 is 42.3. The van der Waals surface area contributed by atoms with Gasteiger partial charge in [-0.05, 0) is 22.6 Å². The lowest BCUT2D eigenvalue weighted by atomic mass is 9.69. The number of aromatic nitrogens is 2. The van der Waals surface area contributed by atoms with Crippen LogP contribution in [0.25, 0.3) is 11.1 Å². The monoisotopic (exact) mass is 402 g/mol. The van der Waals surface area contributed by atoms with E-state index in [0.717, 1.165) is 0 Å². The quantitative estimate of drug-likeness (QED) is 0.641. The van der Waals surface area contributed by atoms with Crippen molar-refractivity contribution in [2.24, 2.45) is 5.41 Å². The SMILES string of the molecule is CC(C)(C)C(O)(c1ccc(-c2ccccc2OC(F)(F)F)cc1)c1cncnc1. The lowest BCUT2D eigenvalue weighted by Crippen LogP contribution is -2.41. The van der Waals surface area contributed by atoms with Crippen LogP contribution in [0.2, 0.25) is 0 Å². The Morgan fingerprint density at radius 1 is 0.828 bits per heavy atom. The highest BCUT2D eigenvalue weighted by Gasteiger charge is 2.43. The van der Waals surface area contributed by atoms with Crippen LogP contribution in [-0.2, 0) is 5.60 Å². The molecule has 0 bridgehead atoms. The van der Waals surface area contributed by atoms with E-state index in [9.17, 15) is 18.3 Å². The minimum absolute atomic E-state index is 0.282. The number of aliphatic hydroxyl groups is 1. The number of nitrogens with zero attached hydrogens (tertiary/aromatic N) is 2. The van der Waals surface area contributed by atoms with E-state index in [0.29, 0.717) is 22.3 Å². The maximum atomic E-state index is 12.7. The molecule has 3 aromatic rings. The second-order valence-corrected chi connectivity index (χ2v) is 7.71. The van der Waals surface area contributed by atoms with E-state index in [2.05, 4.69) is 14.7 Å². The number of hydrogen-bond donors (Lipinski definition) is 1. The number of hydrogen-bond acceptors (Lipinski definition) is 4. The number of halogens is 3. The van der Waals surface area contributed by atoms with Crippen LogP contribution >= 0.6 is 0 Å². The molecular weight excluding hydrogens is 381 g/mol. The third-order valence-electron chi connectivity index (χ3n) is 4.79. The highest BCUT2D eigenvalue weighted by atomic mass is 19.4. The van der Waals surface area contributed by atoms with Crippen molar-refractivity contribution >= 4 is 0 Å². The van der Waals surface area contributed by atoms with E-state index in [4.69, 9.17) is 0 Å². The molecule has 1 unspecified atom stereocenters. The Balaban J connectivity index is 2.05. The summed E-state index contributed by atoms with van der Waals surface area (Å²) in [4.78, 5) is 8.01. The lowest BCUT2D eigenvalue weighted by Gasteiger charge is -2.40. The standard InChI is InChI=1S/C22H21F3N2O2/c1-20(2,3)21(28,17-12-26-14-27-13-17)16-10-8-15(9-11-16)18-6-4-5-7-19(18)29-22(23,24)25/h4-14,28H,1-3H3. The van der Waals surface area contributed by atoms with Crippen molar-refractivity contribution < 1.29 is 23.0 Å². The minimum atomic E-state index is -4.78. The molecule has 7 heteroatoms. The van der Waals surface area contributed by atoms with Gasteiger partial charge >= 0.3 is 6.36 Å². The molecule has 0 amide bonds. The first-order valence-electron chi connectivity index (χ1n) is 8.96. The van der Waals surface area contributed by atoms with E-state index in [1.807, 2.05) is 20.8 Å². The molecule has 0 spiro atoms. The molecule has 4 nitrogen and oxygen atoms in total. The smallest absolute Gasteiger partial charge is 0.405 e. The maximum Gasteiger partial charge on any atom is 0.573 e. The fourth-order valence-electron chi connectivity index (χ4n) is 3.33. The van der Waals surface area contributed by atoms with Gasteiger partial charge in [0, 0.05) is 23.5 Å². The van der Waals surface area contributed by atoms with Gasteiger partial charge in [-0.1, -0.05) is 63.2 Å². The van der Waals surface area contributed by atoms with Crippen molar-refractivity contribution in [3.63, 3.8) is 0 Å². The van der Waals surface area contributed by atoms with Crippen LogP contribution < -0.4 is 4.74 Å². The molecule has 1 atom stereocenters. The van der Waals surface area contributed by atoms with Crippen molar-refractivity contribution in [1.29, 1.82) is 0 Å². The molecule has 2 aromatic carbocycles. The van der Waals surface area contributed by atoms with Gasteiger partial charge in [-0.15, -0.1) is 13.2 Å². The molecule has 0 radical (unpaired) electrons. The summed E-state index contributed by atoms with van der Waals surface area (Å²) in [6, 6.07) is 12.6. The van der Waals surface area contributed by atoms with Crippen LogP contribution in [0.3, 0.4) is 0 Å². The van der Waals surface area contributed by atoms with Crippen LogP contribution in [0.15, 0.2) is 67.3 Å². The third kappa shape index (κ3) is 4.24. The third-order valence-corrected chi connectivity index (χ3v) is 4.79. The van der Waals surface area contributed by atoms with Gasteiger partial charge in [0.1, 0.15) is 17.7 Å². The number of rotatable bonds is 4. The van der Waals surface area contributed by atoms with Gasteiger partial charge in [-0.2, -0.15) is 0 Å². The molecule has 29 heavy (non-hydrogen) atoms. The van der Waals surface area contributed by atoms with Gasteiger partial charge in [0.15, 0.2) is 0 Å². The van der Waals surface area contributed by atoms with E-state index in [-0.39, 0.29) is 5.75 Å². The van der Waals surface area contributed by atoms with Gasteiger partial charge < -0.3 is 9.84 Å². The molecule has 0 saturated carbocycles. The highest BCUT2D eigenvalue weighted by molar-refractivity contribution is 5.70. The Labute approximate surface area is 167 Å². The van der Waals surface area contributed by atoms with Crippen LogP contribution in [0.5, 0.6) is 5.75 Å². The van der Waals surface area contributed by atoms with Crippen LogP contribution in [0, 0.1) is 5.41 Å². The van der Waals surface area contributed by atoms with Gasteiger partial charge in [0.05, 0.1) is 0 Å². The van der Waals surface area contributed by atoms with Gasteiger partial charge in [0.2, 0.25) is 0 Å². The number of benzene rings is 2. The fraction of sp³-hybridized carbons (Fsp3) is 0.273. The first-order valence-corrected chi connectivity index (χ1v) is 8.96. The Morgan fingerprint density at radius 3 is 1.97 bits per heavy atom. The first kappa shape index (κ1) is 20.8. The van der Waals surface area contributed by atoms with Crippen molar-refractivity contribution in [3.05, 3.63) is 78.4 Å². The summed E-state index contributed by atoms with van der Waals surface area (Å²) in [5, 5.41) is 11.6.